The highest BCUT2D eigenvalue weighted by Gasteiger charge is 2.25. The topological polar surface area (TPSA) is 106 Å². The van der Waals surface area contributed by atoms with Gasteiger partial charge in [0.2, 0.25) is 0 Å². The third kappa shape index (κ3) is 8.74. The summed E-state index contributed by atoms with van der Waals surface area (Å²) in [5.74, 6) is -1.04. The van der Waals surface area contributed by atoms with Crippen LogP contribution < -0.4 is 10.9 Å². The van der Waals surface area contributed by atoms with Crippen molar-refractivity contribution in [2.24, 2.45) is 5.92 Å². The molecule has 0 saturated heterocycles. The van der Waals surface area contributed by atoms with Crippen molar-refractivity contribution in [1.29, 1.82) is 0 Å². The molecule has 0 aliphatic carbocycles. The molecule has 0 aliphatic heterocycles. The van der Waals surface area contributed by atoms with E-state index in [1.165, 1.54) is 31.4 Å². The summed E-state index contributed by atoms with van der Waals surface area (Å²) in [5.41, 5.74) is 1.35. The summed E-state index contributed by atoms with van der Waals surface area (Å²) in [4.78, 5) is 36.5. The number of hydrogen-bond donors (Lipinski definition) is 2. The van der Waals surface area contributed by atoms with Crippen molar-refractivity contribution < 1.29 is 23.8 Å². The molecular weight excluding hydrogens is 446 g/mol. The minimum atomic E-state index is -0.813. The lowest BCUT2D eigenvalue weighted by atomic mass is 9.92. The van der Waals surface area contributed by atoms with Gasteiger partial charge in [0, 0.05) is 24.1 Å². The monoisotopic (exact) mass is 483 g/mol. The Morgan fingerprint density at radius 3 is 2.37 bits per heavy atom. The molecule has 0 aliphatic rings. The minimum Gasteiger partial charge on any atom is -0.507 e. The van der Waals surface area contributed by atoms with Crippen molar-refractivity contribution in [2.45, 2.75) is 71.6 Å². The molecule has 2 unspecified atom stereocenters. The maximum absolute atomic E-state index is 12.9. The molecule has 2 N–H and O–H groups in total. The van der Waals surface area contributed by atoms with Crippen molar-refractivity contribution in [3.05, 3.63) is 75.5 Å². The molecule has 35 heavy (non-hydrogen) atoms. The highest BCUT2D eigenvalue weighted by Crippen LogP contribution is 2.26. The number of amides is 1. The predicted octanol–water partition coefficient (Wildman–Crippen LogP) is 5.89. The zero-order valence-corrected chi connectivity index (χ0v) is 21.1. The standard InChI is InChI=1S/C28H37NO6/c1-5-6-10-21-13-15-22(16-14-21)12-11-20(3)26(31)25-23(30)18-24(35-27(25)32)19(2)9-7-8-17-29-28(33)34-4/h8,13-20,30H,5-7,9-12H2,1-4H3,(H,29,33)/b17-8+. The number of nitrogens with one attached hydrogen (secondary N) is 1. The molecule has 1 amide bonds. The van der Waals surface area contributed by atoms with E-state index in [9.17, 15) is 19.5 Å². The van der Waals surface area contributed by atoms with Crippen LogP contribution in [0.15, 0.2) is 51.8 Å². The largest absolute Gasteiger partial charge is 0.507 e. The number of allylic oxidation sites excluding steroid dienone is 1. The second-order valence-corrected chi connectivity index (χ2v) is 8.94. The molecular formula is C28H37NO6. The summed E-state index contributed by atoms with van der Waals surface area (Å²) in [6, 6.07) is 9.79. The average Bonchev–Trinajstić information content (AvgIpc) is 2.85. The maximum Gasteiger partial charge on any atom is 0.410 e. The number of carbonyl (C=O) groups excluding carboxylic acids is 2. The smallest absolute Gasteiger partial charge is 0.410 e. The molecule has 1 aromatic carbocycles. The Morgan fingerprint density at radius 2 is 1.77 bits per heavy atom. The first kappa shape index (κ1) is 27.9. The molecule has 0 spiro atoms. The number of unbranched alkanes of at least 4 members (excludes halogenated alkanes) is 1. The Hall–Kier alpha value is -3.35. The normalized spacial score (nSPS) is 12.9. The number of rotatable bonds is 13. The Bertz CT molecular complexity index is 1050. The summed E-state index contributed by atoms with van der Waals surface area (Å²) in [6.45, 7) is 5.80. The molecule has 190 valence electrons. The maximum atomic E-state index is 12.9. The van der Waals surface area contributed by atoms with Crippen LogP contribution in [0.3, 0.4) is 0 Å². The molecule has 0 saturated carbocycles. The molecule has 7 heteroatoms. The van der Waals surface area contributed by atoms with E-state index in [0.717, 1.165) is 18.4 Å². The van der Waals surface area contributed by atoms with E-state index in [2.05, 4.69) is 41.2 Å². The van der Waals surface area contributed by atoms with Crippen LogP contribution in [0.5, 0.6) is 5.75 Å². The van der Waals surface area contributed by atoms with Gasteiger partial charge in [-0.05, 0) is 49.7 Å². The van der Waals surface area contributed by atoms with Gasteiger partial charge in [-0.25, -0.2) is 9.59 Å². The molecule has 0 bridgehead atoms. The highest BCUT2D eigenvalue weighted by atomic mass is 16.5. The van der Waals surface area contributed by atoms with Gasteiger partial charge in [-0.1, -0.05) is 57.5 Å². The van der Waals surface area contributed by atoms with Crippen LogP contribution in [0.2, 0.25) is 0 Å². The van der Waals surface area contributed by atoms with Crippen LogP contribution in [0, 0.1) is 5.92 Å². The predicted molar refractivity (Wildman–Crippen MR) is 136 cm³/mol. The third-order valence-corrected chi connectivity index (χ3v) is 6.11. The summed E-state index contributed by atoms with van der Waals surface area (Å²) in [7, 11) is 1.28. The fourth-order valence-corrected chi connectivity index (χ4v) is 3.74. The van der Waals surface area contributed by atoms with Crippen molar-refractivity contribution in [3.63, 3.8) is 0 Å². The van der Waals surface area contributed by atoms with E-state index >= 15 is 0 Å². The summed E-state index contributed by atoms with van der Waals surface area (Å²) >= 11 is 0. The molecule has 0 radical (unpaired) electrons. The number of methoxy groups -OCH3 is 1. The van der Waals surface area contributed by atoms with E-state index in [-0.39, 0.29) is 17.2 Å². The van der Waals surface area contributed by atoms with Gasteiger partial charge < -0.3 is 14.3 Å². The highest BCUT2D eigenvalue weighted by molar-refractivity contribution is 5.99. The number of benzene rings is 1. The number of ketones is 1. The van der Waals surface area contributed by atoms with Crippen LogP contribution in [0.4, 0.5) is 4.79 Å². The van der Waals surface area contributed by atoms with E-state index in [1.54, 1.807) is 13.0 Å². The number of Topliss-reactive ketones (excluding diaryl/α,β-unsaturated/α-hetero) is 1. The average molecular weight is 484 g/mol. The van der Waals surface area contributed by atoms with Crippen LogP contribution in [-0.4, -0.2) is 24.1 Å². The minimum absolute atomic E-state index is 0.168. The molecule has 1 aromatic heterocycles. The second-order valence-electron chi connectivity index (χ2n) is 8.94. The zero-order valence-electron chi connectivity index (χ0n) is 21.1. The first-order valence-corrected chi connectivity index (χ1v) is 12.2. The Labute approximate surface area is 207 Å². The van der Waals surface area contributed by atoms with Crippen LogP contribution in [-0.2, 0) is 17.6 Å². The molecule has 2 atom stereocenters. The first-order chi connectivity index (χ1) is 16.8. The van der Waals surface area contributed by atoms with Gasteiger partial charge in [-0.3, -0.25) is 10.1 Å². The number of alkyl carbamates (subject to hydrolysis) is 1. The van der Waals surface area contributed by atoms with E-state index in [4.69, 9.17) is 4.42 Å². The van der Waals surface area contributed by atoms with Gasteiger partial charge in [0.05, 0.1) is 7.11 Å². The summed E-state index contributed by atoms with van der Waals surface area (Å²) < 4.78 is 9.86. The third-order valence-electron chi connectivity index (χ3n) is 6.11. The Morgan fingerprint density at radius 1 is 1.11 bits per heavy atom. The number of ether oxygens (including phenoxy) is 1. The Kier molecular flexibility index (Phi) is 11.3. The fourth-order valence-electron chi connectivity index (χ4n) is 3.74. The lowest BCUT2D eigenvalue weighted by Crippen LogP contribution is -2.21. The number of hydrogen-bond acceptors (Lipinski definition) is 6. The number of aromatic hydroxyl groups is 1. The number of aryl methyl sites for hydroxylation is 2. The van der Waals surface area contributed by atoms with Crippen molar-refractivity contribution in [1.82, 2.24) is 5.32 Å². The van der Waals surface area contributed by atoms with E-state index in [1.807, 2.05) is 6.92 Å². The SMILES string of the molecule is CCCCc1ccc(CCC(C)C(=O)c2c(O)cc(C(C)CC/C=C/NC(=O)OC)oc2=O)cc1. The quantitative estimate of drug-likeness (QED) is 0.344. The van der Waals surface area contributed by atoms with Gasteiger partial charge in [0.25, 0.3) is 0 Å². The molecule has 1 heterocycles. The first-order valence-electron chi connectivity index (χ1n) is 12.2. The molecule has 0 fully saturated rings. The van der Waals surface area contributed by atoms with Gasteiger partial charge in [0.15, 0.2) is 5.78 Å². The fraction of sp³-hybridized carbons (Fsp3) is 0.464. The zero-order chi connectivity index (χ0) is 25.8. The van der Waals surface area contributed by atoms with Gasteiger partial charge in [0.1, 0.15) is 17.1 Å². The second kappa shape index (κ2) is 14.1. The Balaban J connectivity index is 1.95. The van der Waals surface area contributed by atoms with Crippen LogP contribution in [0.25, 0.3) is 0 Å². The lowest BCUT2D eigenvalue weighted by Gasteiger charge is -2.13. The lowest BCUT2D eigenvalue weighted by molar-refractivity contribution is 0.0916. The molecule has 7 nitrogen and oxygen atoms in total. The van der Waals surface area contributed by atoms with E-state index < -0.39 is 23.4 Å². The van der Waals surface area contributed by atoms with Crippen LogP contribution in [0.1, 0.15) is 86.0 Å². The van der Waals surface area contributed by atoms with Crippen molar-refractivity contribution >= 4 is 11.9 Å². The molecule has 2 rings (SSSR count). The number of carbonyl (C=O) groups is 2. The summed E-state index contributed by atoms with van der Waals surface area (Å²) in [5, 5.41) is 12.9. The van der Waals surface area contributed by atoms with Crippen molar-refractivity contribution in [2.75, 3.05) is 7.11 Å². The van der Waals surface area contributed by atoms with Gasteiger partial charge in [-0.2, -0.15) is 0 Å². The molecule has 2 aromatic rings. The van der Waals surface area contributed by atoms with Crippen molar-refractivity contribution in [3.8, 4) is 5.75 Å². The summed E-state index contributed by atoms with van der Waals surface area (Å²) in [6.07, 6.45) is 8.57. The van der Waals surface area contributed by atoms with Crippen LogP contribution >= 0.6 is 0 Å². The van der Waals surface area contributed by atoms with Gasteiger partial charge in [-0.15, -0.1) is 0 Å². The van der Waals surface area contributed by atoms with E-state index in [0.29, 0.717) is 31.4 Å². The van der Waals surface area contributed by atoms with Gasteiger partial charge >= 0.3 is 11.7 Å².